The summed E-state index contributed by atoms with van der Waals surface area (Å²) in [6.45, 7) is -0.573. The van der Waals surface area contributed by atoms with E-state index in [4.69, 9.17) is 0 Å². The first-order chi connectivity index (χ1) is 6.97. The van der Waals surface area contributed by atoms with Crippen LogP contribution < -0.4 is 4.72 Å². The average molecular weight is 238 g/mol. The minimum Gasteiger partial charge on any atom is -0.468 e. The first-order valence-electron chi connectivity index (χ1n) is 3.98. The van der Waals surface area contributed by atoms with Gasteiger partial charge in [0.2, 0.25) is 0 Å². The molecule has 1 rings (SSSR count). The third-order valence-electron chi connectivity index (χ3n) is 1.64. The zero-order chi connectivity index (χ0) is 11.5. The molecule has 1 N–H and O–H groups in total. The Balaban J connectivity index is 2.59. The highest BCUT2D eigenvalue weighted by molar-refractivity contribution is 7.87. The summed E-state index contributed by atoms with van der Waals surface area (Å²) in [6.07, 6.45) is -0.952. The molecular weight excluding hydrogens is 228 g/mol. The molecule has 1 fully saturated rings. The van der Waals surface area contributed by atoms with Crippen LogP contribution in [0.1, 0.15) is 0 Å². The van der Waals surface area contributed by atoms with Gasteiger partial charge >= 0.3 is 22.3 Å². The molecule has 9 heteroatoms. The Hall–Kier alpha value is -1.35. The minimum atomic E-state index is -4.01. The number of ether oxygens (including phenoxy) is 2. The molecule has 0 atom stereocenters. The van der Waals surface area contributed by atoms with Gasteiger partial charge in [-0.15, -0.1) is 0 Å². The van der Waals surface area contributed by atoms with Crippen molar-refractivity contribution in [3.05, 3.63) is 0 Å². The van der Waals surface area contributed by atoms with E-state index >= 15 is 0 Å². The molecule has 0 radical (unpaired) electrons. The molecule has 0 aromatic rings. The predicted octanol–water partition coefficient (Wildman–Crippen LogP) is -1.55. The number of cyclic esters (lactones) is 1. The monoisotopic (exact) mass is 238 g/mol. The maximum absolute atomic E-state index is 11.4. The van der Waals surface area contributed by atoms with Crippen molar-refractivity contribution >= 4 is 22.3 Å². The van der Waals surface area contributed by atoms with Gasteiger partial charge in [0.1, 0.15) is 13.2 Å². The lowest BCUT2D eigenvalue weighted by atomic mass is 10.7. The molecule has 1 aliphatic heterocycles. The molecule has 0 aliphatic carbocycles. The standard InChI is InChI=1S/C6H10N2O6S/c1-13-5(9)4-7-15(11,12)8-2-3-14-6(8)10/h7H,2-4H2,1H3. The second-order valence-electron chi connectivity index (χ2n) is 2.59. The van der Waals surface area contributed by atoms with E-state index < -0.39 is 28.8 Å². The molecule has 1 saturated heterocycles. The van der Waals surface area contributed by atoms with Crippen molar-refractivity contribution in [2.24, 2.45) is 0 Å². The summed E-state index contributed by atoms with van der Waals surface area (Å²) in [5.74, 6) is -0.744. The van der Waals surface area contributed by atoms with Crippen molar-refractivity contribution in [1.29, 1.82) is 0 Å². The lowest BCUT2D eigenvalue weighted by Crippen LogP contribution is -2.43. The summed E-state index contributed by atoms with van der Waals surface area (Å²) >= 11 is 0. The smallest absolute Gasteiger partial charge is 0.424 e. The van der Waals surface area contributed by atoms with Crippen LogP contribution in [0.4, 0.5) is 4.79 Å². The zero-order valence-corrected chi connectivity index (χ0v) is 8.74. The first kappa shape index (κ1) is 11.7. The van der Waals surface area contributed by atoms with Crippen LogP contribution >= 0.6 is 0 Å². The highest BCUT2D eigenvalue weighted by Gasteiger charge is 2.33. The van der Waals surface area contributed by atoms with Crippen LogP contribution in [0.2, 0.25) is 0 Å². The van der Waals surface area contributed by atoms with Crippen molar-refractivity contribution in [2.45, 2.75) is 0 Å². The second kappa shape index (κ2) is 4.45. The van der Waals surface area contributed by atoms with Crippen LogP contribution in [0.5, 0.6) is 0 Å². The number of amides is 1. The molecule has 86 valence electrons. The van der Waals surface area contributed by atoms with Gasteiger partial charge in [-0.3, -0.25) is 4.79 Å². The molecule has 8 nitrogen and oxygen atoms in total. The van der Waals surface area contributed by atoms with Crippen LogP contribution in [0.3, 0.4) is 0 Å². The Kier molecular flexibility index (Phi) is 3.48. The predicted molar refractivity (Wildman–Crippen MR) is 47.0 cm³/mol. The van der Waals surface area contributed by atoms with Crippen LogP contribution in [0.15, 0.2) is 0 Å². The van der Waals surface area contributed by atoms with Crippen molar-refractivity contribution in [3.63, 3.8) is 0 Å². The zero-order valence-electron chi connectivity index (χ0n) is 7.93. The average Bonchev–Trinajstić information content (AvgIpc) is 2.61. The number of hydrogen-bond acceptors (Lipinski definition) is 6. The van der Waals surface area contributed by atoms with Gasteiger partial charge in [-0.25, -0.2) is 4.79 Å². The fourth-order valence-corrected chi connectivity index (χ4v) is 1.92. The Labute approximate surface area is 86.3 Å². The summed E-state index contributed by atoms with van der Waals surface area (Å²) < 4.78 is 33.8. The van der Waals surface area contributed by atoms with Gasteiger partial charge in [-0.1, -0.05) is 0 Å². The van der Waals surface area contributed by atoms with E-state index in [0.29, 0.717) is 4.31 Å². The van der Waals surface area contributed by atoms with Crippen molar-refractivity contribution < 1.29 is 27.5 Å². The summed E-state index contributed by atoms with van der Waals surface area (Å²) in [5, 5.41) is 0. The molecule has 0 bridgehead atoms. The molecule has 15 heavy (non-hydrogen) atoms. The van der Waals surface area contributed by atoms with Crippen molar-refractivity contribution in [1.82, 2.24) is 9.03 Å². The van der Waals surface area contributed by atoms with Gasteiger partial charge < -0.3 is 9.47 Å². The van der Waals surface area contributed by atoms with E-state index in [-0.39, 0.29) is 13.2 Å². The maximum atomic E-state index is 11.4. The summed E-state index contributed by atoms with van der Waals surface area (Å²) in [4.78, 5) is 21.6. The van der Waals surface area contributed by atoms with E-state index in [0.717, 1.165) is 7.11 Å². The van der Waals surface area contributed by atoms with Crippen molar-refractivity contribution in [2.75, 3.05) is 26.8 Å². The van der Waals surface area contributed by atoms with Crippen molar-refractivity contribution in [3.8, 4) is 0 Å². The number of carbonyl (C=O) groups is 2. The van der Waals surface area contributed by atoms with E-state index in [1.54, 1.807) is 0 Å². The first-order valence-corrected chi connectivity index (χ1v) is 5.42. The van der Waals surface area contributed by atoms with Crippen LogP contribution in [-0.4, -0.2) is 51.6 Å². The molecule has 0 spiro atoms. The van der Waals surface area contributed by atoms with E-state index in [9.17, 15) is 18.0 Å². The molecule has 1 heterocycles. The molecule has 0 saturated carbocycles. The van der Waals surface area contributed by atoms with E-state index in [2.05, 4.69) is 9.47 Å². The van der Waals surface area contributed by atoms with Crippen LogP contribution in [0.25, 0.3) is 0 Å². The summed E-state index contributed by atoms with van der Waals surface area (Å²) in [5.41, 5.74) is 0. The number of methoxy groups -OCH3 is 1. The van der Waals surface area contributed by atoms with Gasteiger partial charge in [0.25, 0.3) is 0 Å². The highest BCUT2D eigenvalue weighted by atomic mass is 32.2. The SMILES string of the molecule is COC(=O)CNS(=O)(=O)N1CCOC1=O. The third kappa shape index (κ3) is 2.80. The van der Waals surface area contributed by atoms with Crippen LogP contribution in [-0.2, 0) is 24.5 Å². The lowest BCUT2D eigenvalue weighted by Gasteiger charge is -2.13. The quantitative estimate of drug-likeness (QED) is 0.595. The fraction of sp³-hybridized carbons (Fsp3) is 0.667. The molecule has 0 aromatic heterocycles. The van der Waals surface area contributed by atoms with Gasteiger partial charge in [-0.05, 0) is 0 Å². The third-order valence-corrected chi connectivity index (χ3v) is 3.06. The Morgan fingerprint density at radius 1 is 1.67 bits per heavy atom. The van der Waals surface area contributed by atoms with E-state index in [1.807, 2.05) is 4.72 Å². The topological polar surface area (TPSA) is 102 Å². The summed E-state index contributed by atoms with van der Waals surface area (Å²) in [7, 11) is -2.88. The fourth-order valence-electron chi connectivity index (χ4n) is 0.898. The Bertz CT molecular complexity index is 364. The normalized spacial score (nSPS) is 16.3. The summed E-state index contributed by atoms with van der Waals surface area (Å²) in [6, 6.07) is 0. The van der Waals surface area contributed by atoms with E-state index in [1.165, 1.54) is 0 Å². The number of rotatable bonds is 4. The number of carbonyl (C=O) groups excluding carboxylic acids is 2. The van der Waals surface area contributed by atoms with Gasteiger partial charge in [-0.2, -0.15) is 17.4 Å². The van der Waals surface area contributed by atoms with Gasteiger partial charge in [0, 0.05) is 0 Å². The van der Waals surface area contributed by atoms with Gasteiger partial charge in [0.05, 0.1) is 13.7 Å². The number of hydrogen-bond donors (Lipinski definition) is 1. The maximum Gasteiger partial charge on any atom is 0.424 e. The second-order valence-corrected chi connectivity index (χ2v) is 4.27. The molecule has 0 aromatic carbocycles. The highest BCUT2D eigenvalue weighted by Crippen LogP contribution is 2.07. The molecular formula is C6H10N2O6S. The number of nitrogens with zero attached hydrogens (tertiary/aromatic N) is 1. The molecule has 1 aliphatic rings. The number of esters is 1. The van der Waals surface area contributed by atoms with Gasteiger partial charge in [0.15, 0.2) is 0 Å². The molecule has 0 unspecified atom stereocenters. The largest absolute Gasteiger partial charge is 0.468 e. The Morgan fingerprint density at radius 2 is 2.33 bits per heavy atom. The lowest BCUT2D eigenvalue weighted by molar-refractivity contribution is -0.139. The Morgan fingerprint density at radius 3 is 2.80 bits per heavy atom. The van der Waals surface area contributed by atoms with Crippen LogP contribution in [0, 0.1) is 0 Å². The minimum absolute atomic E-state index is 0.0119. The molecule has 1 amide bonds. The number of nitrogens with one attached hydrogen (secondary N) is 1.